The van der Waals surface area contributed by atoms with Gasteiger partial charge in [0.1, 0.15) is 6.07 Å². The summed E-state index contributed by atoms with van der Waals surface area (Å²) in [6.07, 6.45) is -0.565. The average molecular weight is 218 g/mol. The van der Waals surface area contributed by atoms with E-state index in [4.69, 9.17) is 10.00 Å². The first-order valence-electron chi connectivity index (χ1n) is 5.20. The standard InChI is InChI=1S/C12H14N2O2/c1-16-11(7-13)14-12-9-5-3-2-4-8(9)6-10(12)15/h2-5,10-12,14-15H,6H2,1H3/t10-,11-,12+/m1/s1. The summed E-state index contributed by atoms with van der Waals surface area (Å²) in [7, 11) is 1.47. The van der Waals surface area contributed by atoms with Crippen LogP contribution in [0.2, 0.25) is 0 Å². The van der Waals surface area contributed by atoms with Crippen LogP contribution in [0.5, 0.6) is 0 Å². The quantitative estimate of drug-likeness (QED) is 0.734. The van der Waals surface area contributed by atoms with Gasteiger partial charge in [0.05, 0.1) is 12.1 Å². The van der Waals surface area contributed by atoms with E-state index in [9.17, 15) is 5.11 Å². The van der Waals surface area contributed by atoms with E-state index >= 15 is 0 Å². The zero-order chi connectivity index (χ0) is 11.5. The first-order chi connectivity index (χ1) is 7.76. The third-order valence-corrected chi connectivity index (χ3v) is 2.89. The fraction of sp³-hybridized carbons (Fsp3) is 0.417. The lowest BCUT2D eigenvalue weighted by Crippen LogP contribution is -2.37. The molecule has 2 rings (SSSR count). The van der Waals surface area contributed by atoms with E-state index in [0.717, 1.165) is 11.1 Å². The number of nitrogens with zero attached hydrogens (tertiary/aromatic N) is 1. The van der Waals surface area contributed by atoms with Crippen LogP contribution in [0.15, 0.2) is 24.3 Å². The van der Waals surface area contributed by atoms with E-state index in [2.05, 4.69) is 5.32 Å². The van der Waals surface area contributed by atoms with Crippen LogP contribution in [-0.2, 0) is 11.2 Å². The van der Waals surface area contributed by atoms with Crippen molar-refractivity contribution >= 4 is 0 Å². The molecular formula is C12H14N2O2. The van der Waals surface area contributed by atoms with Crippen LogP contribution in [-0.4, -0.2) is 24.5 Å². The molecule has 4 nitrogen and oxygen atoms in total. The van der Waals surface area contributed by atoms with Crippen LogP contribution in [0.1, 0.15) is 17.2 Å². The van der Waals surface area contributed by atoms with E-state index in [1.807, 2.05) is 30.3 Å². The van der Waals surface area contributed by atoms with Gasteiger partial charge in [0.25, 0.3) is 0 Å². The Balaban J connectivity index is 2.19. The van der Waals surface area contributed by atoms with Crippen LogP contribution in [0.3, 0.4) is 0 Å². The summed E-state index contributed by atoms with van der Waals surface area (Å²) in [5.74, 6) is 0. The molecule has 1 aliphatic rings. The highest BCUT2D eigenvalue weighted by atomic mass is 16.5. The topological polar surface area (TPSA) is 65.3 Å². The van der Waals surface area contributed by atoms with Crippen molar-refractivity contribution in [2.75, 3.05) is 7.11 Å². The third kappa shape index (κ3) is 1.93. The Labute approximate surface area is 94.5 Å². The monoisotopic (exact) mass is 218 g/mol. The first kappa shape index (κ1) is 11.1. The van der Waals surface area contributed by atoms with Gasteiger partial charge in [-0.15, -0.1) is 0 Å². The third-order valence-electron chi connectivity index (χ3n) is 2.89. The van der Waals surface area contributed by atoms with Crippen molar-refractivity contribution in [2.45, 2.75) is 24.8 Å². The Morgan fingerprint density at radius 3 is 3.00 bits per heavy atom. The Kier molecular flexibility index (Phi) is 3.20. The Bertz CT molecular complexity index is 414. The molecule has 0 amide bonds. The van der Waals surface area contributed by atoms with Gasteiger partial charge in [-0.25, -0.2) is 0 Å². The zero-order valence-electron chi connectivity index (χ0n) is 9.05. The number of aliphatic hydroxyl groups is 1. The lowest BCUT2D eigenvalue weighted by molar-refractivity contribution is 0.0694. The predicted molar refractivity (Wildman–Crippen MR) is 58.4 cm³/mol. The molecular weight excluding hydrogens is 204 g/mol. The van der Waals surface area contributed by atoms with Crippen LogP contribution < -0.4 is 5.32 Å². The molecule has 84 valence electrons. The number of nitriles is 1. The number of benzene rings is 1. The van der Waals surface area contributed by atoms with Crippen LogP contribution in [0, 0.1) is 11.3 Å². The molecule has 1 aromatic carbocycles. The van der Waals surface area contributed by atoms with E-state index in [-0.39, 0.29) is 6.04 Å². The SMILES string of the molecule is CO[C@H](C#N)N[C@H]1c2ccccc2C[C@H]1O. The molecule has 3 atom stereocenters. The number of ether oxygens (including phenoxy) is 1. The molecule has 0 spiro atoms. The lowest BCUT2D eigenvalue weighted by Gasteiger charge is -2.20. The van der Waals surface area contributed by atoms with Gasteiger partial charge >= 0.3 is 0 Å². The smallest absolute Gasteiger partial charge is 0.197 e. The molecule has 0 aromatic heterocycles. The minimum Gasteiger partial charge on any atom is -0.391 e. The molecule has 16 heavy (non-hydrogen) atoms. The highest BCUT2D eigenvalue weighted by Crippen LogP contribution is 2.31. The molecule has 2 N–H and O–H groups in total. The Morgan fingerprint density at radius 2 is 2.31 bits per heavy atom. The molecule has 0 bridgehead atoms. The molecule has 0 saturated carbocycles. The number of hydrogen-bond acceptors (Lipinski definition) is 4. The molecule has 1 aliphatic carbocycles. The molecule has 0 unspecified atom stereocenters. The molecule has 0 saturated heterocycles. The lowest BCUT2D eigenvalue weighted by atomic mass is 10.1. The molecule has 0 aliphatic heterocycles. The van der Waals surface area contributed by atoms with Crippen molar-refractivity contribution < 1.29 is 9.84 Å². The van der Waals surface area contributed by atoms with Crippen LogP contribution in [0.4, 0.5) is 0 Å². The highest BCUT2D eigenvalue weighted by Gasteiger charge is 2.32. The fourth-order valence-electron chi connectivity index (χ4n) is 2.10. The number of aliphatic hydroxyl groups excluding tert-OH is 1. The summed E-state index contributed by atoms with van der Waals surface area (Å²) in [6.45, 7) is 0. The van der Waals surface area contributed by atoms with Crippen molar-refractivity contribution in [3.63, 3.8) is 0 Å². The minimum absolute atomic E-state index is 0.221. The van der Waals surface area contributed by atoms with Crippen molar-refractivity contribution in [3.8, 4) is 6.07 Å². The van der Waals surface area contributed by atoms with E-state index < -0.39 is 12.3 Å². The summed E-state index contributed by atoms with van der Waals surface area (Å²) < 4.78 is 4.94. The van der Waals surface area contributed by atoms with Gasteiger partial charge in [-0.3, -0.25) is 5.32 Å². The first-order valence-corrected chi connectivity index (χ1v) is 5.20. The van der Waals surface area contributed by atoms with Gasteiger partial charge in [0.2, 0.25) is 0 Å². The van der Waals surface area contributed by atoms with Gasteiger partial charge in [-0.05, 0) is 11.1 Å². The van der Waals surface area contributed by atoms with E-state index in [1.54, 1.807) is 0 Å². The fourth-order valence-corrected chi connectivity index (χ4v) is 2.10. The molecule has 0 heterocycles. The minimum atomic E-state index is -0.689. The zero-order valence-corrected chi connectivity index (χ0v) is 9.05. The predicted octanol–water partition coefficient (Wildman–Crippen LogP) is 0.730. The van der Waals surface area contributed by atoms with Crippen molar-refractivity contribution in [2.24, 2.45) is 0 Å². The number of methoxy groups -OCH3 is 1. The maximum atomic E-state index is 9.92. The Morgan fingerprint density at radius 1 is 1.56 bits per heavy atom. The number of fused-ring (bicyclic) bond motifs is 1. The highest BCUT2D eigenvalue weighted by molar-refractivity contribution is 5.36. The Hall–Kier alpha value is -1.41. The molecule has 0 fully saturated rings. The summed E-state index contributed by atoms with van der Waals surface area (Å²) >= 11 is 0. The summed E-state index contributed by atoms with van der Waals surface area (Å²) in [5.41, 5.74) is 2.17. The van der Waals surface area contributed by atoms with Gasteiger partial charge in [0.15, 0.2) is 6.23 Å². The van der Waals surface area contributed by atoms with Gasteiger partial charge < -0.3 is 9.84 Å². The normalized spacial score (nSPS) is 24.8. The van der Waals surface area contributed by atoms with Gasteiger partial charge in [-0.1, -0.05) is 24.3 Å². The summed E-state index contributed by atoms with van der Waals surface area (Å²) in [4.78, 5) is 0. The average Bonchev–Trinajstić information content (AvgIpc) is 2.62. The van der Waals surface area contributed by atoms with E-state index in [0.29, 0.717) is 6.42 Å². The van der Waals surface area contributed by atoms with Crippen molar-refractivity contribution in [1.82, 2.24) is 5.32 Å². The molecule has 0 radical (unpaired) electrons. The van der Waals surface area contributed by atoms with Crippen molar-refractivity contribution in [1.29, 1.82) is 5.26 Å². The number of hydrogen-bond donors (Lipinski definition) is 2. The summed E-state index contributed by atoms with van der Waals surface area (Å²) in [5, 5.41) is 21.7. The van der Waals surface area contributed by atoms with Gasteiger partial charge in [0, 0.05) is 13.5 Å². The number of nitrogens with one attached hydrogen (secondary N) is 1. The van der Waals surface area contributed by atoms with E-state index in [1.165, 1.54) is 7.11 Å². The second-order valence-corrected chi connectivity index (χ2v) is 3.86. The second-order valence-electron chi connectivity index (χ2n) is 3.86. The second kappa shape index (κ2) is 4.62. The maximum Gasteiger partial charge on any atom is 0.197 e. The largest absolute Gasteiger partial charge is 0.391 e. The van der Waals surface area contributed by atoms with Crippen molar-refractivity contribution in [3.05, 3.63) is 35.4 Å². The number of rotatable bonds is 3. The summed E-state index contributed by atoms with van der Waals surface area (Å²) in [6, 6.07) is 9.60. The van der Waals surface area contributed by atoms with Crippen LogP contribution >= 0.6 is 0 Å². The molecule has 1 aromatic rings. The molecule has 4 heteroatoms. The van der Waals surface area contributed by atoms with Gasteiger partial charge in [-0.2, -0.15) is 5.26 Å². The van der Waals surface area contributed by atoms with Crippen LogP contribution in [0.25, 0.3) is 0 Å². The maximum absolute atomic E-state index is 9.92.